The van der Waals surface area contributed by atoms with E-state index in [1.165, 1.54) is 5.56 Å². The van der Waals surface area contributed by atoms with Crippen LogP contribution in [0.15, 0.2) is 54.6 Å². The number of nitrogens with one attached hydrogen (secondary N) is 1. The van der Waals surface area contributed by atoms with Gasteiger partial charge < -0.3 is 5.32 Å². The second-order valence-electron chi connectivity index (χ2n) is 5.12. The van der Waals surface area contributed by atoms with Crippen LogP contribution in [-0.2, 0) is 0 Å². The van der Waals surface area contributed by atoms with Gasteiger partial charge in [-0.1, -0.05) is 55.8 Å². The number of benzene rings is 2. The van der Waals surface area contributed by atoms with Crippen LogP contribution in [-0.4, -0.2) is 13.1 Å². The molecule has 2 atom stereocenters. The van der Waals surface area contributed by atoms with E-state index in [0.29, 0.717) is 6.04 Å². The van der Waals surface area contributed by atoms with Crippen molar-refractivity contribution in [1.82, 2.24) is 5.32 Å². The molecule has 2 aromatic rings. The summed E-state index contributed by atoms with van der Waals surface area (Å²) in [6.45, 7) is 2.19. The second kappa shape index (κ2) is 7.20. The highest BCUT2D eigenvalue weighted by molar-refractivity contribution is 5.34. The maximum atomic E-state index is 13.2. The third kappa shape index (κ3) is 3.45. The molecule has 0 aliphatic rings. The van der Waals surface area contributed by atoms with Gasteiger partial charge >= 0.3 is 0 Å². The molecule has 0 bridgehead atoms. The monoisotopic (exact) mass is 271 g/mol. The summed E-state index contributed by atoms with van der Waals surface area (Å²) in [4.78, 5) is 0. The first-order valence-corrected chi connectivity index (χ1v) is 7.24. The van der Waals surface area contributed by atoms with Crippen LogP contribution in [0.2, 0.25) is 0 Å². The number of halogens is 1. The predicted molar refractivity (Wildman–Crippen MR) is 82.4 cm³/mol. The standard InChI is InChI=1S/C18H22FN/c1-3-7-17(20-2)18(14-8-5-4-6-9-14)15-10-12-16(19)13-11-15/h4-6,8-13,17-18,20H,3,7H2,1-2H3. The van der Waals surface area contributed by atoms with Gasteiger partial charge in [0.25, 0.3) is 0 Å². The minimum Gasteiger partial charge on any atom is -0.316 e. The van der Waals surface area contributed by atoms with E-state index in [4.69, 9.17) is 0 Å². The lowest BCUT2D eigenvalue weighted by molar-refractivity contribution is 0.468. The molecule has 1 N–H and O–H groups in total. The number of hydrogen-bond donors (Lipinski definition) is 1. The third-order valence-electron chi connectivity index (χ3n) is 3.76. The summed E-state index contributed by atoms with van der Waals surface area (Å²) in [6.07, 6.45) is 2.21. The average molecular weight is 271 g/mol. The Labute approximate surface area is 120 Å². The van der Waals surface area contributed by atoms with Crippen molar-refractivity contribution in [3.05, 3.63) is 71.5 Å². The van der Waals surface area contributed by atoms with Crippen LogP contribution in [0, 0.1) is 5.82 Å². The Morgan fingerprint density at radius 3 is 2.10 bits per heavy atom. The van der Waals surface area contributed by atoms with E-state index in [1.807, 2.05) is 25.2 Å². The van der Waals surface area contributed by atoms with Gasteiger partial charge in [-0.2, -0.15) is 0 Å². The van der Waals surface area contributed by atoms with E-state index in [0.717, 1.165) is 18.4 Å². The molecule has 0 heterocycles. The van der Waals surface area contributed by atoms with Crippen LogP contribution < -0.4 is 5.32 Å². The maximum absolute atomic E-state index is 13.2. The summed E-state index contributed by atoms with van der Waals surface area (Å²) in [6, 6.07) is 17.7. The van der Waals surface area contributed by atoms with Crippen molar-refractivity contribution in [1.29, 1.82) is 0 Å². The molecule has 106 valence electrons. The molecule has 0 amide bonds. The zero-order valence-electron chi connectivity index (χ0n) is 12.1. The van der Waals surface area contributed by atoms with Crippen LogP contribution >= 0.6 is 0 Å². The number of hydrogen-bond acceptors (Lipinski definition) is 1. The van der Waals surface area contributed by atoms with Crippen LogP contribution in [0.5, 0.6) is 0 Å². The molecule has 2 heteroatoms. The van der Waals surface area contributed by atoms with Gasteiger partial charge in [0.2, 0.25) is 0 Å². The molecular weight excluding hydrogens is 249 g/mol. The normalized spacial score (nSPS) is 13.9. The van der Waals surface area contributed by atoms with Crippen molar-refractivity contribution in [2.45, 2.75) is 31.7 Å². The Bertz CT molecular complexity index is 507. The molecule has 20 heavy (non-hydrogen) atoms. The first kappa shape index (κ1) is 14.7. The van der Waals surface area contributed by atoms with Crippen molar-refractivity contribution >= 4 is 0 Å². The lowest BCUT2D eigenvalue weighted by Crippen LogP contribution is -2.32. The van der Waals surface area contributed by atoms with Crippen LogP contribution in [0.4, 0.5) is 4.39 Å². The zero-order chi connectivity index (χ0) is 14.4. The predicted octanol–water partition coefficient (Wildman–Crippen LogP) is 4.35. The van der Waals surface area contributed by atoms with Gasteiger partial charge in [-0.05, 0) is 36.7 Å². The van der Waals surface area contributed by atoms with E-state index in [1.54, 1.807) is 12.1 Å². The number of rotatable bonds is 6. The van der Waals surface area contributed by atoms with Crippen LogP contribution in [0.1, 0.15) is 36.8 Å². The van der Waals surface area contributed by atoms with E-state index >= 15 is 0 Å². The van der Waals surface area contributed by atoms with Crippen LogP contribution in [0.25, 0.3) is 0 Å². The Balaban J connectivity index is 2.40. The molecule has 2 unspecified atom stereocenters. The molecule has 0 saturated heterocycles. The first-order valence-electron chi connectivity index (χ1n) is 7.24. The van der Waals surface area contributed by atoms with Crippen LogP contribution in [0.3, 0.4) is 0 Å². The molecule has 2 rings (SSSR count). The zero-order valence-corrected chi connectivity index (χ0v) is 12.1. The summed E-state index contributed by atoms with van der Waals surface area (Å²) < 4.78 is 13.2. The summed E-state index contributed by atoms with van der Waals surface area (Å²) in [5, 5.41) is 3.42. The number of likely N-dealkylation sites (N-methyl/N-ethyl adjacent to an activating group) is 1. The molecule has 0 saturated carbocycles. The van der Waals surface area contributed by atoms with Gasteiger partial charge in [-0.15, -0.1) is 0 Å². The largest absolute Gasteiger partial charge is 0.316 e. The van der Waals surface area contributed by atoms with E-state index < -0.39 is 0 Å². The fourth-order valence-electron chi connectivity index (χ4n) is 2.78. The quantitative estimate of drug-likeness (QED) is 0.824. The van der Waals surface area contributed by atoms with Crippen molar-refractivity contribution in [2.75, 3.05) is 7.05 Å². The smallest absolute Gasteiger partial charge is 0.123 e. The van der Waals surface area contributed by atoms with E-state index in [9.17, 15) is 4.39 Å². The van der Waals surface area contributed by atoms with Gasteiger partial charge in [-0.3, -0.25) is 0 Å². The van der Waals surface area contributed by atoms with Gasteiger partial charge in [0.15, 0.2) is 0 Å². The Morgan fingerprint density at radius 2 is 1.55 bits per heavy atom. The summed E-state index contributed by atoms with van der Waals surface area (Å²) >= 11 is 0. The molecule has 0 radical (unpaired) electrons. The maximum Gasteiger partial charge on any atom is 0.123 e. The van der Waals surface area contributed by atoms with Gasteiger partial charge in [0, 0.05) is 12.0 Å². The van der Waals surface area contributed by atoms with E-state index in [-0.39, 0.29) is 11.7 Å². The second-order valence-corrected chi connectivity index (χ2v) is 5.12. The SMILES string of the molecule is CCCC(NC)C(c1ccccc1)c1ccc(F)cc1. The summed E-state index contributed by atoms with van der Waals surface area (Å²) in [5.74, 6) is 0.0683. The molecule has 0 aromatic heterocycles. The van der Waals surface area contributed by atoms with Crippen molar-refractivity contribution < 1.29 is 4.39 Å². The molecular formula is C18H22FN. The fourth-order valence-corrected chi connectivity index (χ4v) is 2.78. The first-order chi connectivity index (χ1) is 9.76. The minimum atomic E-state index is -0.183. The Kier molecular flexibility index (Phi) is 5.31. The minimum absolute atomic E-state index is 0.183. The molecule has 0 spiro atoms. The van der Waals surface area contributed by atoms with Gasteiger partial charge in [-0.25, -0.2) is 4.39 Å². The molecule has 1 nitrogen and oxygen atoms in total. The highest BCUT2D eigenvalue weighted by Gasteiger charge is 2.22. The molecule has 0 aliphatic carbocycles. The van der Waals surface area contributed by atoms with Crippen molar-refractivity contribution in [2.24, 2.45) is 0 Å². The van der Waals surface area contributed by atoms with Gasteiger partial charge in [0.05, 0.1) is 0 Å². The lowest BCUT2D eigenvalue weighted by atomic mass is 9.83. The average Bonchev–Trinajstić information content (AvgIpc) is 2.49. The topological polar surface area (TPSA) is 12.0 Å². The molecule has 2 aromatic carbocycles. The summed E-state index contributed by atoms with van der Waals surface area (Å²) in [7, 11) is 2.00. The highest BCUT2D eigenvalue weighted by Crippen LogP contribution is 2.30. The van der Waals surface area contributed by atoms with Gasteiger partial charge in [0.1, 0.15) is 5.82 Å². The molecule has 0 fully saturated rings. The third-order valence-corrected chi connectivity index (χ3v) is 3.76. The Morgan fingerprint density at radius 1 is 0.950 bits per heavy atom. The van der Waals surface area contributed by atoms with Crippen molar-refractivity contribution in [3.8, 4) is 0 Å². The Hall–Kier alpha value is -1.67. The van der Waals surface area contributed by atoms with E-state index in [2.05, 4.69) is 36.5 Å². The van der Waals surface area contributed by atoms with Crippen molar-refractivity contribution in [3.63, 3.8) is 0 Å². The summed E-state index contributed by atoms with van der Waals surface area (Å²) in [5.41, 5.74) is 2.43. The fraction of sp³-hybridized carbons (Fsp3) is 0.333. The highest BCUT2D eigenvalue weighted by atomic mass is 19.1. The molecule has 0 aliphatic heterocycles. The lowest BCUT2D eigenvalue weighted by Gasteiger charge is -2.28.